The van der Waals surface area contributed by atoms with Gasteiger partial charge in [0, 0.05) is 18.2 Å². The van der Waals surface area contributed by atoms with E-state index in [1.54, 1.807) is 0 Å². The second-order valence-electron chi connectivity index (χ2n) is 5.30. The monoisotopic (exact) mass is 195 g/mol. The Balaban J connectivity index is 2.60. The Labute approximate surface area is 86.5 Å². The molecule has 0 bridgehead atoms. The van der Waals surface area contributed by atoms with E-state index in [-0.39, 0.29) is 5.41 Å². The molecule has 0 aromatic carbocycles. The maximum absolute atomic E-state index is 4.18. The molecule has 1 heterocycles. The zero-order valence-corrected chi connectivity index (χ0v) is 9.91. The third-order valence-electron chi connectivity index (χ3n) is 2.24. The van der Waals surface area contributed by atoms with Crippen LogP contribution >= 0.6 is 0 Å². The van der Waals surface area contributed by atoms with Crippen LogP contribution in [-0.4, -0.2) is 15.0 Å². The predicted octanol–water partition coefficient (Wildman–Crippen LogP) is 2.62. The van der Waals surface area contributed by atoms with Crippen LogP contribution in [0.4, 0.5) is 0 Å². The average Bonchev–Trinajstić information content (AvgIpc) is 2.47. The van der Waals surface area contributed by atoms with Crippen LogP contribution in [0.15, 0.2) is 6.20 Å². The second-order valence-corrected chi connectivity index (χ2v) is 5.30. The summed E-state index contributed by atoms with van der Waals surface area (Å²) >= 11 is 0. The quantitative estimate of drug-likeness (QED) is 0.742. The Morgan fingerprint density at radius 3 is 2.43 bits per heavy atom. The van der Waals surface area contributed by atoms with Crippen molar-refractivity contribution in [1.29, 1.82) is 0 Å². The van der Waals surface area contributed by atoms with Crippen LogP contribution in [0.1, 0.15) is 46.7 Å². The van der Waals surface area contributed by atoms with Gasteiger partial charge in [-0.25, -0.2) is 0 Å². The van der Waals surface area contributed by atoms with Gasteiger partial charge in [0.15, 0.2) is 0 Å². The predicted molar refractivity (Wildman–Crippen MR) is 58.2 cm³/mol. The molecule has 1 aromatic heterocycles. The highest BCUT2D eigenvalue weighted by molar-refractivity contribution is 5.06. The lowest BCUT2D eigenvalue weighted by atomic mass is 9.93. The molecule has 0 radical (unpaired) electrons. The van der Waals surface area contributed by atoms with Crippen molar-refractivity contribution in [2.75, 3.05) is 0 Å². The lowest BCUT2D eigenvalue weighted by Gasteiger charge is -2.13. The second kappa shape index (κ2) is 4.11. The lowest BCUT2D eigenvalue weighted by molar-refractivity contribution is 0.478. The largest absolute Gasteiger partial charge is 0.252 e. The van der Waals surface area contributed by atoms with E-state index >= 15 is 0 Å². The van der Waals surface area contributed by atoms with Crippen molar-refractivity contribution in [3.8, 4) is 0 Å². The highest BCUT2D eigenvalue weighted by atomic mass is 15.4. The summed E-state index contributed by atoms with van der Waals surface area (Å²) in [6, 6.07) is 0. The summed E-state index contributed by atoms with van der Waals surface area (Å²) in [6.45, 7) is 11.9. The molecule has 0 fully saturated rings. The SMILES string of the molecule is CC(C)CCn1cc(C(C)(C)C)nn1. The molecule has 0 amide bonds. The van der Waals surface area contributed by atoms with Gasteiger partial charge < -0.3 is 0 Å². The third-order valence-corrected chi connectivity index (χ3v) is 2.24. The van der Waals surface area contributed by atoms with Crippen LogP contribution in [0.2, 0.25) is 0 Å². The topological polar surface area (TPSA) is 30.7 Å². The van der Waals surface area contributed by atoms with E-state index in [0.717, 1.165) is 24.6 Å². The van der Waals surface area contributed by atoms with Crippen molar-refractivity contribution in [1.82, 2.24) is 15.0 Å². The number of hydrogen-bond acceptors (Lipinski definition) is 2. The van der Waals surface area contributed by atoms with Gasteiger partial charge in [0.05, 0.1) is 5.69 Å². The Morgan fingerprint density at radius 1 is 1.36 bits per heavy atom. The van der Waals surface area contributed by atoms with Crippen LogP contribution in [0.3, 0.4) is 0 Å². The minimum Gasteiger partial charge on any atom is -0.252 e. The normalized spacial score (nSPS) is 12.4. The molecular weight excluding hydrogens is 174 g/mol. The molecule has 0 saturated heterocycles. The first-order valence-corrected chi connectivity index (χ1v) is 5.30. The van der Waals surface area contributed by atoms with Gasteiger partial charge in [-0.15, -0.1) is 5.10 Å². The van der Waals surface area contributed by atoms with Crippen molar-refractivity contribution < 1.29 is 0 Å². The van der Waals surface area contributed by atoms with Gasteiger partial charge in [0.1, 0.15) is 0 Å². The van der Waals surface area contributed by atoms with Crippen molar-refractivity contribution in [2.24, 2.45) is 5.92 Å². The van der Waals surface area contributed by atoms with Gasteiger partial charge in [-0.3, -0.25) is 4.68 Å². The highest BCUT2D eigenvalue weighted by Gasteiger charge is 2.17. The van der Waals surface area contributed by atoms with E-state index in [9.17, 15) is 0 Å². The Morgan fingerprint density at radius 2 is 2.00 bits per heavy atom. The molecule has 3 nitrogen and oxygen atoms in total. The summed E-state index contributed by atoms with van der Waals surface area (Å²) < 4.78 is 1.95. The first-order valence-electron chi connectivity index (χ1n) is 5.30. The molecule has 0 saturated carbocycles. The van der Waals surface area contributed by atoms with Crippen molar-refractivity contribution in [3.05, 3.63) is 11.9 Å². The molecule has 0 unspecified atom stereocenters. The van der Waals surface area contributed by atoms with E-state index in [1.807, 2.05) is 4.68 Å². The lowest BCUT2D eigenvalue weighted by Crippen LogP contribution is -2.11. The number of hydrogen-bond donors (Lipinski definition) is 0. The number of rotatable bonds is 3. The third kappa shape index (κ3) is 3.13. The Bertz CT molecular complexity index is 281. The van der Waals surface area contributed by atoms with Crippen molar-refractivity contribution in [2.45, 2.75) is 53.0 Å². The zero-order valence-electron chi connectivity index (χ0n) is 9.91. The Kier molecular flexibility index (Phi) is 3.29. The number of aromatic nitrogens is 3. The van der Waals surface area contributed by atoms with Gasteiger partial charge in [0.25, 0.3) is 0 Å². The molecule has 14 heavy (non-hydrogen) atoms. The smallest absolute Gasteiger partial charge is 0.0880 e. The van der Waals surface area contributed by atoms with E-state index < -0.39 is 0 Å². The molecule has 3 heteroatoms. The molecular formula is C11H21N3. The molecule has 0 aliphatic rings. The summed E-state index contributed by atoms with van der Waals surface area (Å²) in [5, 5.41) is 8.30. The average molecular weight is 195 g/mol. The maximum atomic E-state index is 4.18. The summed E-state index contributed by atoms with van der Waals surface area (Å²) in [4.78, 5) is 0. The number of aryl methyl sites for hydroxylation is 1. The standard InChI is InChI=1S/C11H21N3/c1-9(2)6-7-14-8-10(12-13-14)11(3,4)5/h8-9H,6-7H2,1-5H3. The minimum absolute atomic E-state index is 0.107. The van der Waals surface area contributed by atoms with Crippen LogP contribution in [0.25, 0.3) is 0 Å². The molecule has 0 atom stereocenters. The van der Waals surface area contributed by atoms with Crippen LogP contribution < -0.4 is 0 Å². The minimum atomic E-state index is 0.107. The van der Waals surface area contributed by atoms with E-state index in [1.165, 1.54) is 0 Å². The van der Waals surface area contributed by atoms with Gasteiger partial charge in [-0.1, -0.05) is 39.8 Å². The molecule has 1 aromatic rings. The van der Waals surface area contributed by atoms with E-state index in [4.69, 9.17) is 0 Å². The van der Waals surface area contributed by atoms with Gasteiger partial charge in [-0.05, 0) is 12.3 Å². The van der Waals surface area contributed by atoms with Gasteiger partial charge in [0.2, 0.25) is 0 Å². The van der Waals surface area contributed by atoms with Gasteiger partial charge in [-0.2, -0.15) is 0 Å². The zero-order chi connectivity index (χ0) is 10.8. The Hall–Kier alpha value is -0.860. The fourth-order valence-corrected chi connectivity index (χ4v) is 1.14. The molecule has 0 N–H and O–H groups in total. The maximum Gasteiger partial charge on any atom is 0.0880 e. The summed E-state index contributed by atoms with van der Waals surface area (Å²) in [6.07, 6.45) is 3.22. The summed E-state index contributed by atoms with van der Waals surface area (Å²) in [5.41, 5.74) is 1.18. The number of nitrogens with zero attached hydrogens (tertiary/aromatic N) is 3. The van der Waals surface area contributed by atoms with E-state index in [2.05, 4.69) is 51.1 Å². The fraction of sp³-hybridized carbons (Fsp3) is 0.818. The van der Waals surface area contributed by atoms with Crippen molar-refractivity contribution in [3.63, 3.8) is 0 Å². The first-order chi connectivity index (χ1) is 6.39. The van der Waals surface area contributed by atoms with Crippen LogP contribution in [0, 0.1) is 5.92 Å². The molecule has 1 rings (SSSR count). The first kappa shape index (κ1) is 11.2. The van der Waals surface area contributed by atoms with Gasteiger partial charge >= 0.3 is 0 Å². The molecule has 0 spiro atoms. The molecule has 0 aliphatic heterocycles. The molecule has 0 aliphatic carbocycles. The van der Waals surface area contributed by atoms with Crippen LogP contribution in [-0.2, 0) is 12.0 Å². The molecule has 80 valence electrons. The van der Waals surface area contributed by atoms with Crippen LogP contribution in [0.5, 0.6) is 0 Å². The van der Waals surface area contributed by atoms with E-state index in [0.29, 0.717) is 0 Å². The fourth-order valence-electron chi connectivity index (χ4n) is 1.14. The summed E-state index contributed by atoms with van der Waals surface area (Å²) in [5.74, 6) is 0.720. The summed E-state index contributed by atoms with van der Waals surface area (Å²) in [7, 11) is 0. The highest BCUT2D eigenvalue weighted by Crippen LogP contribution is 2.18. The van der Waals surface area contributed by atoms with Crippen molar-refractivity contribution >= 4 is 0 Å².